The molecule has 1 aliphatic rings. The van der Waals surface area contributed by atoms with Gasteiger partial charge in [0.15, 0.2) is 0 Å². The molecule has 1 aromatic rings. The van der Waals surface area contributed by atoms with Crippen molar-refractivity contribution >= 4 is 17.7 Å². The molecule has 0 saturated carbocycles. The van der Waals surface area contributed by atoms with Gasteiger partial charge in [-0.05, 0) is 18.9 Å². The normalized spacial score (nSPS) is 15.8. The smallest absolute Gasteiger partial charge is 0.321 e. The highest BCUT2D eigenvalue weighted by Crippen LogP contribution is 2.20. The number of ether oxygens (including phenoxy) is 1. The molecule has 6 nitrogen and oxygen atoms in total. The second-order valence-corrected chi connectivity index (χ2v) is 5.12. The van der Waals surface area contributed by atoms with E-state index in [9.17, 15) is 9.59 Å². The maximum Gasteiger partial charge on any atom is 0.321 e. The van der Waals surface area contributed by atoms with E-state index in [1.54, 1.807) is 12.0 Å². The summed E-state index contributed by atoms with van der Waals surface area (Å²) >= 11 is 0. The molecule has 0 aliphatic carbocycles. The third kappa shape index (κ3) is 3.95. The summed E-state index contributed by atoms with van der Waals surface area (Å²) in [6, 6.07) is 7.28. The number of carboxylic acid groups (broad SMARTS) is 1. The lowest BCUT2D eigenvalue weighted by molar-refractivity contribution is -0.143. The largest absolute Gasteiger partial charge is 0.481 e. The Kier molecular flexibility index (Phi) is 5.16. The second-order valence-electron chi connectivity index (χ2n) is 5.12. The van der Waals surface area contributed by atoms with Gasteiger partial charge in [-0.1, -0.05) is 18.2 Å². The summed E-state index contributed by atoms with van der Waals surface area (Å²) in [5, 5.41) is 11.8. The Morgan fingerprint density at radius 1 is 1.33 bits per heavy atom. The van der Waals surface area contributed by atoms with Gasteiger partial charge in [0.25, 0.3) is 0 Å². The molecule has 2 rings (SSSR count). The fourth-order valence-electron chi connectivity index (χ4n) is 2.45. The minimum atomic E-state index is -0.777. The fourth-order valence-corrected chi connectivity index (χ4v) is 2.45. The van der Waals surface area contributed by atoms with Crippen molar-refractivity contribution in [1.82, 2.24) is 4.90 Å². The van der Waals surface area contributed by atoms with Gasteiger partial charge in [0.1, 0.15) is 0 Å². The van der Waals surface area contributed by atoms with Crippen molar-refractivity contribution in [2.45, 2.75) is 19.4 Å². The molecular formula is C15H20N2O4. The zero-order chi connectivity index (χ0) is 15.2. The first-order valence-corrected chi connectivity index (χ1v) is 6.97. The molecule has 114 valence electrons. The van der Waals surface area contributed by atoms with E-state index < -0.39 is 5.97 Å². The van der Waals surface area contributed by atoms with E-state index >= 15 is 0 Å². The number of nitrogens with one attached hydrogen (secondary N) is 1. The van der Waals surface area contributed by atoms with Gasteiger partial charge >= 0.3 is 12.0 Å². The number of methoxy groups -OCH3 is 1. The molecule has 0 spiro atoms. The van der Waals surface area contributed by atoms with E-state index in [-0.39, 0.29) is 11.9 Å². The van der Waals surface area contributed by atoms with Crippen molar-refractivity contribution in [2.24, 2.45) is 5.92 Å². The Labute approximate surface area is 123 Å². The molecule has 1 saturated heterocycles. The van der Waals surface area contributed by atoms with Crippen molar-refractivity contribution < 1.29 is 19.4 Å². The SMILES string of the molecule is COCc1ccccc1NC(=O)N1CCC(C(=O)O)CC1. The molecule has 1 aliphatic heterocycles. The lowest BCUT2D eigenvalue weighted by Gasteiger charge is -2.30. The van der Waals surface area contributed by atoms with Crippen LogP contribution in [0, 0.1) is 5.92 Å². The molecule has 21 heavy (non-hydrogen) atoms. The highest BCUT2D eigenvalue weighted by molar-refractivity contribution is 5.90. The number of carbonyl (C=O) groups is 2. The number of likely N-dealkylation sites (tertiary alicyclic amines) is 1. The van der Waals surface area contributed by atoms with Crippen LogP contribution in [0.5, 0.6) is 0 Å². The molecule has 0 atom stereocenters. The lowest BCUT2D eigenvalue weighted by atomic mass is 9.97. The number of piperidine rings is 1. The van der Waals surface area contributed by atoms with Crippen molar-refractivity contribution in [2.75, 3.05) is 25.5 Å². The second kappa shape index (κ2) is 7.08. The van der Waals surface area contributed by atoms with Gasteiger partial charge in [0, 0.05) is 31.5 Å². The van der Waals surface area contributed by atoms with Crippen LogP contribution >= 0.6 is 0 Å². The Morgan fingerprint density at radius 2 is 2.00 bits per heavy atom. The Morgan fingerprint density at radius 3 is 2.62 bits per heavy atom. The molecule has 0 unspecified atom stereocenters. The maximum atomic E-state index is 12.2. The number of benzene rings is 1. The van der Waals surface area contributed by atoms with Gasteiger partial charge in [-0.2, -0.15) is 0 Å². The maximum absolute atomic E-state index is 12.2. The van der Waals surface area contributed by atoms with Crippen LogP contribution in [0.1, 0.15) is 18.4 Å². The number of rotatable bonds is 4. The topological polar surface area (TPSA) is 78.9 Å². The number of carboxylic acids is 1. The van der Waals surface area contributed by atoms with Crippen LogP contribution in [0.2, 0.25) is 0 Å². The number of nitrogens with zero attached hydrogens (tertiary/aromatic N) is 1. The summed E-state index contributed by atoms with van der Waals surface area (Å²) in [5.41, 5.74) is 1.64. The summed E-state index contributed by atoms with van der Waals surface area (Å²) in [5.74, 6) is -1.12. The van der Waals surface area contributed by atoms with Crippen molar-refractivity contribution in [3.8, 4) is 0 Å². The van der Waals surface area contributed by atoms with E-state index in [1.807, 2.05) is 24.3 Å². The van der Waals surface area contributed by atoms with Crippen molar-refractivity contribution in [3.63, 3.8) is 0 Å². The minimum Gasteiger partial charge on any atom is -0.481 e. The molecule has 2 N–H and O–H groups in total. The standard InChI is InChI=1S/C15H20N2O4/c1-21-10-12-4-2-3-5-13(12)16-15(20)17-8-6-11(7-9-17)14(18)19/h2-5,11H,6-10H2,1H3,(H,16,20)(H,18,19). The summed E-state index contributed by atoms with van der Waals surface area (Å²) < 4.78 is 5.11. The van der Waals surface area contributed by atoms with Crippen LogP contribution in [-0.2, 0) is 16.1 Å². The molecule has 6 heteroatoms. The minimum absolute atomic E-state index is 0.192. The molecule has 0 aromatic heterocycles. The summed E-state index contributed by atoms with van der Waals surface area (Å²) in [7, 11) is 1.61. The van der Waals surface area contributed by atoms with Crippen LogP contribution in [0.25, 0.3) is 0 Å². The number of amides is 2. The van der Waals surface area contributed by atoms with E-state index in [4.69, 9.17) is 9.84 Å². The average Bonchev–Trinajstić information content (AvgIpc) is 2.49. The summed E-state index contributed by atoms with van der Waals surface area (Å²) in [4.78, 5) is 24.8. The zero-order valence-corrected chi connectivity index (χ0v) is 12.0. The van der Waals surface area contributed by atoms with Gasteiger partial charge in [-0.3, -0.25) is 4.79 Å². The van der Waals surface area contributed by atoms with Crippen LogP contribution in [0.3, 0.4) is 0 Å². The number of carbonyl (C=O) groups excluding carboxylic acids is 1. The number of para-hydroxylation sites is 1. The zero-order valence-electron chi connectivity index (χ0n) is 12.0. The fraction of sp³-hybridized carbons (Fsp3) is 0.467. The number of hydrogen-bond acceptors (Lipinski definition) is 3. The third-order valence-corrected chi connectivity index (χ3v) is 3.69. The molecule has 0 bridgehead atoms. The van der Waals surface area contributed by atoms with Crippen LogP contribution < -0.4 is 5.32 Å². The van der Waals surface area contributed by atoms with E-state index in [1.165, 1.54) is 0 Å². The molecule has 2 amide bonds. The molecule has 1 aromatic carbocycles. The van der Waals surface area contributed by atoms with Crippen LogP contribution in [0.15, 0.2) is 24.3 Å². The number of hydrogen-bond donors (Lipinski definition) is 2. The van der Waals surface area contributed by atoms with E-state index in [0.717, 1.165) is 11.3 Å². The number of anilines is 1. The first-order chi connectivity index (χ1) is 10.1. The Balaban J connectivity index is 1.95. The highest BCUT2D eigenvalue weighted by Gasteiger charge is 2.27. The van der Waals surface area contributed by atoms with Gasteiger partial charge < -0.3 is 20.1 Å². The van der Waals surface area contributed by atoms with Crippen LogP contribution in [-0.4, -0.2) is 42.2 Å². The quantitative estimate of drug-likeness (QED) is 0.891. The van der Waals surface area contributed by atoms with Gasteiger partial charge in [-0.25, -0.2) is 4.79 Å². The first kappa shape index (κ1) is 15.3. The molecule has 0 radical (unpaired) electrons. The lowest BCUT2D eigenvalue weighted by Crippen LogP contribution is -2.42. The van der Waals surface area contributed by atoms with Gasteiger partial charge in [-0.15, -0.1) is 0 Å². The van der Waals surface area contributed by atoms with Gasteiger partial charge in [0.05, 0.1) is 12.5 Å². The summed E-state index contributed by atoms with van der Waals surface area (Å²) in [6.07, 6.45) is 1.00. The Hall–Kier alpha value is -2.08. The first-order valence-electron chi connectivity index (χ1n) is 6.97. The monoisotopic (exact) mass is 292 g/mol. The average molecular weight is 292 g/mol. The highest BCUT2D eigenvalue weighted by atomic mass is 16.5. The predicted octanol–water partition coefficient (Wildman–Crippen LogP) is 2.16. The third-order valence-electron chi connectivity index (χ3n) is 3.69. The number of urea groups is 1. The molecular weight excluding hydrogens is 272 g/mol. The number of aliphatic carboxylic acids is 1. The van der Waals surface area contributed by atoms with E-state index in [0.29, 0.717) is 32.5 Å². The van der Waals surface area contributed by atoms with E-state index in [2.05, 4.69) is 5.32 Å². The predicted molar refractivity (Wildman–Crippen MR) is 78.1 cm³/mol. The summed E-state index contributed by atoms with van der Waals surface area (Å²) in [6.45, 7) is 1.36. The Bertz CT molecular complexity index is 510. The van der Waals surface area contributed by atoms with Crippen molar-refractivity contribution in [1.29, 1.82) is 0 Å². The molecule has 1 fully saturated rings. The molecule has 1 heterocycles. The van der Waals surface area contributed by atoms with Gasteiger partial charge in [0.2, 0.25) is 0 Å². The van der Waals surface area contributed by atoms with Crippen LogP contribution in [0.4, 0.5) is 10.5 Å². The van der Waals surface area contributed by atoms with Crippen molar-refractivity contribution in [3.05, 3.63) is 29.8 Å².